The Morgan fingerprint density at radius 1 is 1.41 bits per heavy atom. The lowest BCUT2D eigenvalue weighted by molar-refractivity contribution is -0.386. The van der Waals surface area contributed by atoms with Gasteiger partial charge in [0.05, 0.1) is 10.5 Å². The third-order valence-electron chi connectivity index (χ3n) is 2.25. The molecule has 3 N–H and O–H groups in total. The van der Waals surface area contributed by atoms with Crippen molar-refractivity contribution in [2.24, 2.45) is 0 Å². The van der Waals surface area contributed by atoms with Gasteiger partial charge >= 0.3 is 5.97 Å². The molecule has 0 heterocycles. The zero-order valence-corrected chi connectivity index (χ0v) is 8.90. The van der Waals surface area contributed by atoms with Crippen LogP contribution in [0.5, 0.6) is 0 Å². The summed E-state index contributed by atoms with van der Waals surface area (Å²) < 4.78 is 0. The minimum Gasteiger partial charge on any atom is -0.479 e. The van der Waals surface area contributed by atoms with Crippen LogP contribution in [-0.4, -0.2) is 32.3 Å². The summed E-state index contributed by atoms with van der Waals surface area (Å²) in [5, 5.41) is 38.0. The van der Waals surface area contributed by atoms with Crippen LogP contribution in [0.15, 0.2) is 18.2 Å². The summed E-state index contributed by atoms with van der Waals surface area (Å²) in [4.78, 5) is 20.5. The van der Waals surface area contributed by atoms with Crippen LogP contribution in [0.4, 0.5) is 5.69 Å². The number of aryl methyl sites for hydroxylation is 1. The van der Waals surface area contributed by atoms with E-state index in [1.165, 1.54) is 18.2 Å². The van der Waals surface area contributed by atoms with Crippen molar-refractivity contribution in [3.8, 4) is 0 Å². The van der Waals surface area contributed by atoms with Gasteiger partial charge in [0.25, 0.3) is 5.69 Å². The second-order valence-corrected chi connectivity index (χ2v) is 3.55. The number of carboxylic acids is 1. The average Bonchev–Trinajstić information content (AvgIpc) is 2.26. The Balaban J connectivity index is 3.21. The zero-order chi connectivity index (χ0) is 13.2. The van der Waals surface area contributed by atoms with Gasteiger partial charge in [0.2, 0.25) is 0 Å². The van der Waals surface area contributed by atoms with Gasteiger partial charge < -0.3 is 15.3 Å². The zero-order valence-electron chi connectivity index (χ0n) is 8.90. The van der Waals surface area contributed by atoms with E-state index in [4.69, 9.17) is 10.2 Å². The van der Waals surface area contributed by atoms with Crippen molar-refractivity contribution in [3.63, 3.8) is 0 Å². The number of nitro groups is 1. The van der Waals surface area contributed by atoms with E-state index >= 15 is 0 Å². The third-order valence-corrected chi connectivity index (χ3v) is 2.25. The quantitative estimate of drug-likeness (QED) is 0.517. The molecule has 2 atom stereocenters. The van der Waals surface area contributed by atoms with Crippen molar-refractivity contribution in [3.05, 3.63) is 39.4 Å². The molecule has 0 aliphatic carbocycles. The van der Waals surface area contributed by atoms with E-state index in [-0.39, 0.29) is 5.56 Å². The Morgan fingerprint density at radius 3 is 2.47 bits per heavy atom. The second kappa shape index (κ2) is 4.89. The first-order chi connectivity index (χ1) is 7.84. The Bertz CT molecular complexity index is 458. The summed E-state index contributed by atoms with van der Waals surface area (Å²) in [6.07, 6.45) is -3.94. The monoisotopic (exact) mass is 241 g/mol. The largest absolute Gasteiger partial charge is 0.479 e. The molecule has 2 unspecified atom stereocenters. The fraction of sp³-hybridized carbons (Fsp3) is 0.300. The summed E-state index contributed by atoms with van der Waals surface area (Å²) in [6.45, 7) is 1.62. The van der Waals surface area contributed by atoms with E-state index in [9.17, 15) is 20.0 Å². The SMILES string of the molecule is Cc1ccc(C(O)C(O)C(=O)O)c([N+](=O)[O-])c1. The van der Waals surface area contributed by atoms with Crippen LogP contribution in [-0.2, 0) is 4.79 Å². The van der Waals surface area contributed by atoms with Crippen molar-refractivity contribution in [2.45, 2.75) is 19.1 Å². The van der Waals surface area contributed by atoms with Gasteiger partial charge in [-0.15, -0.1) is 0 Å². The van der Waals surface area contributed by atoms with Crippen molar-refractivity contribution in [1.82, 2.24) is 0 Å². The Kier molecular flexibility index (Phi) is 3.77. The van der Waals surface area contributed by atoms with Crippen molar-refractivity contribution in [1.29, 1.82) is 0 Å². The molecule has 0 bridgehead atoms. The molecular weight excluding hydrogens is 230 g/mol. The van der Waals surface area contributed by atoms with Crippen LogP contribution >= 0.6 is 0 Å². The molecule has 0 saturated carbocycles. The van der Waals surface area contributed by atoms with Gasteiger partial charge in [-0.25, -0.2) is 4.79 Å². The van der Waals surface area contributed by atoms with Crippen molar-refractivity contribution >= 4 is 11.7 Å². The van der Waals surface area contributed by atoms with Gasteiger partial charge in [-0.1, -0.05) is 6.07 Å². The Labute approximate surface area is 96.1 Å². The number of nitro benzene ring substituents is 1. The van der Waals surface area contributed by atoms with E-state index in [2.05, 4.69) is 0 Å². The smallest absolute Gasteiger partial charge is 0.335 e. The minimum absolute atomic E-state index is 0.226. The number of nitrogens with zero attached hydrogens (tertiary/aromatic N) is 1. The highest BCUT2D eigenvalue weighted by atomic mass is 16.6. The number of benzene rings is 1. The van der Waals surface area contributed by atoms with Gasteiger partial charge in [-0.3, -0.25) is 10.1 Å². The van der Waals surface area contributed by atoms with Gasteiger partial charge in [-0.05, 0) is 18.6 Å². The fourth-order valence-electron chi connectivity index (χ4n) is 1.37. The molecule has 1 aromatic rings. The molecule has 1 rings (SSSR count). The van der Waals surface area contributed by atoms with Crippen LogP contribution in [0.25, 0.3) is 0 Å². The highest BCUT2D eigenvalue weighted by Crippen LogP contribution is 2.28. The standard InChI is InChI=1S/C10H11NO6/c1-5-2-3-6(7(4-5)11(16)17)8(12)9(13)10(14)15/h2-4,8-9,12-13H,1H3,(H,14,15). The number of aliphatic carboxylic acids is 1. The molecule has 0 amide bonds. The predicted molar refractivity (Wildman–Crippen MR) is 56.4 cm³/mol. The van der Waals surface area contributed by atoms with Crippen molar-refractivity contribution in [2.75, 3.05) is 0 Å². The van der Waals surface area contributed by atoms with E-state index in [0.717, 1.165) is 0 Å². The maximum absolute atomic E-state index is 10.7. The number of hydrogen-bond acceptors (Lipinski definition) is 5. The number of aliphatic hydroxyl groups is 2. The van der Waals surface area contributed by atoms with Crippen LogP contribution in [0.1, 0.15) is 17.2 Å². The summed E-state index contributed by atoms with van der Waals surface area (Å²) in [5.74, 6) is -1.65. The molecule has 0 radical (unpaired) electrons. The second-order valence-electron chi connectivity index (χ2n) is 3.55. The molecule has 7 nitrogen and oxygen atoms in total. The first-order valence-corrected chi connectivity index (χ1v) is 4.68. The molecule has 0 aromatic heterocycles. The summed E-state index contributed by atoms with van der Waals surface area (Å²) in [5.41, 5.74) is -0.0502. The van der Waals surface area contributed by atoms with E-state index < -0.39 is 28.8 Å². The molecule has 0 saturated heterocycles. The molecule has 0 fully saturated rings. The first kappa shape index (κ1) is 13.1. The number of carboxylic acid groups (broad SMARTS) is 1. The number of rotatable bonds is 4. The molecule has 1 aromatic carbocycles. The number of carbonyl (C=O) groups is 1. The highest BCUT2D eigenvalue weighted by molar-refractivity contribution is 5.73. The number of aliphatic hydroxyl groups excluding tert-OH is 2. The van der Waals surface area contributed by atoms with E-state index in [1.54, 1.807) is 6.92 Å². The maximum Gasteiger partial charge on any atom is 0.335 e. The third kappa shape index (κ3) is 2.77. The summed E-state index contributed by atoms with van der Waals surface area (Å²) >= 11 is 0. The molecule has 92 valence electrons. The summed E-state index contributed by atoms with van der Waals surface area (Å²) in [7, 11) is 0. The predicted octanol–water partition coefficient (Wildman–Crippen LogP) is 0.382. The maximum atomic E-state index is 10.7. The van der Waals surface area contributed by atoms with E-state index in [0.29, 0.717) is 5.56 Å². The first-order valence-electron chi connectivity index (χ1n) is 4.68. The molecule has 0 aliphatic rings. The van der Waals surface area contributed by atoms with Crippen LogP contribution < -0.4 is 0 Å². The van der Waals surface area contributed by atoms with Crippen LogP contribution in [0.2, 0.25) is 0 Å². The van der Waals surface area contributed by atoms with Gasteiger partial charge in [-0.2, -0.15) is 0 Å². The van der Waals surface area contributed by atoms with Gasteiger partial charge in [0, 0.05) is 6.07 Å². The van der Waals surface area contributed by atoms with Gasteiger partial charge in [0.15, 0.2) is 6.10 Å². The Morgan fingerprint density at radius 2 is 2.00 bits per heavy atom. The molecule has 0 aliphatic heterocycles. The molecule has 7 heteroatoms. The van der Waals surface area contributed by atoms with Crippen LogP contribution in [0, 0.1) is 17.0 Å². The summed E-state index contributed by atoms with van der Waals surface area (Å²) in [6, 6.07) is 3.91. The lowest BCUT2D eigenvalue weighted by atomic mass is 10.0. The normalized spacial score (nSPS) is 14.1. The average molecular weight is 241 g/mol. The topological polar surface area (TPSA) is 121 Å². The minimum atomic E-state index is -2.10. The Hall–Kier alpha value is -1.99. The van der Waals surface area contributed by atoms with Crippen LogP contribution in [0.3, 0.4) is 0 Å². The van der Waals surface area contributed by atoms with Gasteiger partial charge in [0.1, 0.15) is 6.10 Å². The van der Waals surface area contributed by atoms with Crippen molar-refractivity contribution < 1.29 is 25.0 Å². The lowest BCUT2D eigenvalue weighted by Gasteiger charge is -2.14. The fourth-order valence-corrected chi connectivity index (χ4v) is 1.37. The lowest BCUT2D eigenvalue weighted by Crippen LogP contribution is -2.27. The highest BCUT2D eigenvalue weighted by Gasteiger charge is 2.30. The molecule has 0 spiro atoms. The molecule has 17 heavy (non-hydrogen) atoms. The van der Waals surface area contributed by atoms with E-state index in [1.807, 2.05) is 0 Å². The molecular formula is C10H11NO6. The number of hydrogen-bond donors (Lipinski definition) is 3.